The molecule has 154 valence electrons. The lowest BCUT2D eigenvalue weighted by atomic mass is 10.2. The second-order valence-electron chi connectivity index (χ2n) is 7.15. The Labute approximate surface area is 170 Å². The lowest BCUT2D eigenvalue weighted by Gasteiger charge is -2.34. The van der Waals surface area contributed by atoms with E-state index in [0.717, 1.165) is 5.56 Å². The molecule has 2 amide bonds. The van der Waals surface area contributed by atoms with E-state index in [9.17, 15) is 14.4 Å². The van der Waals surface area contributed by atoms with Crippen molar-refractivity contribution in [3.63, 3.8) is 0 Å². The zero-order valence-electron chi connectivity index (χ0n) is 17.1. The van der Waals surface area contributed by atoms with Gasteiger partial charge in [0, 0.05) is 33.1 Å². The van der Waals surface area contributed by atoms with Gasteiger partial charge >= 0.3 is 5.97 Å². The summed E-state index contributed by atoms with van der Waals surface area (Å²) in [4.78, 5) is 39.6. The van der Waals surface area contributed by atoms with Crippen molar-refractivity contribution in [1.29, 1.82) is 0 Å². The predicted molar refractivity (Wildman–Crippen MR) is 106 cm³/mol. The summed E-state index contributed by atoms with van der Waals surface area (Å²) in [6.45, 7) is 7.23. The van der Waals surface area contributed by atoms with Crippen LogP contribution >= 0.6 is 0 Å². The molecule has 2 heterocycles. The van der Waals surface area contributed by atoms with E-state index in [-0.39, 0.29) is 18.4 Å². The van der Waals surface area contributed by atoms with Crippen molar-refractivity contribution in [2.45, 2.75) is 27.3 Å². The van der Waals surface area contributed by atoms with E-state index < -0.39 is 5.97 Å². The summed E-state index contributed by atoms with van der Waals surface area (Å²) in [6.07, 6.45) is 0. The molecule has 1 aliphatic heterocycles. The average molecular weight is 398 g/mol. The molecule has 0 bridgehead atoms. The quantitative estimate of drug-likeness (QED) is 0.711. The molecule has 29 heavy (non-hydrogen) atoms. The first-order chi connectivity index (χ1) is 13.9. The van der Waals surface area contributed by atoms with Crippen molar-refractivity contribution in [1.82, 2.24) is 19.6 Å². The number of carbonyl (C=O) groups excluding carboxylic acids is 3. The van der Waals surface area contributed by atoms with Crippen LogP contribution in [0.2, 0.25) is 0 Å². The van der Waals surface area contributed by atoms with E-state index in [0.29, 0.717) is 49.7 Å². The zero-order valence-corrected chi connectivity index (χ0v) is 17.1. The molecule has 0 saturated carbocycles. The van der Waals surface area contributed by atoms with E-state index in [1.54, 1.807) is 21.4 Å². The van der Waals surface area contributed by atoms with Crippen LogP contribution in [0.4, 0.5) is 0 Å². The number of piperazine rings is 1. The minimum absolute atomic E-state index is 0.00184. The fourth-order valence-corrected chi connectivity index (χ4v) is 3.46. The number of hydrogen-bond donors (Lipinski definition) is 0. The highest BCUT2D eigenvalue weighted by Gasteiger charge is 2.25. The number of esters is 1. The molecule has 1 aromatic heterocycles. The largest absolute Gasteiger partial charge is 0.452 e. The van der Waals surface area contributed by atoms with Crippen LogP contribution in [0.15, 0.2) is 30.3 Å². The zero-order chi connectivity index (χ0) is 21.0. The molecular weight excluding hydrogens is 372 g/mol. The van der Waals surface area contributed by atoms with Crippen molar-refractivity contribution in [2.75, 3.05) is 32.8 Å². The number of aryl methyl sites for hydroxylation is 1. The van der Waals surface area contributed by atoms with Gasteiger partial charge in [0.1, 0.15) is 5.56 Å². The van der Waals surface area contributed by atoms with Crippen molar-refractivity contribution >= 4 is 17.8 Å². The molecular formula is C21H26N4O4. The minimum Gasteiger partial charge on any atom is -0.452 e. The molecule has 2 aromatic rings. The molecule has 1 aromatic carbocycles. The van der Waals surface area contributed by atoms with Crippen molar-refractivity contribution in [3.05, 3.63) is 52.8 Å². The third-order valence-corrected chi connectivity index (χ3v) is 5.17. The molecule has 8 heteroatoms. The van der Waals surface area contributed by atoms with E-state index in [4.69, 9.17) is 4.74 Å². The fraction of sp³-hybridized carbons (Fsp3) is 0.429. The lowest BCUT2D eigenvalue weighted by molar-refractivity contribution is -0.140. The Morgan fingerprint density at radius 3 is 2.24 bits per heavy atom. The normalized spacial score (nSPS) is 14.0. The van der Waals surface area contributed by atoms with Gasteiger partial charge in [0.25, 0.3) is 5.91 Å². The molecule has 0 spiro atoms. The van der Waals surface area contributed by atoms with Gasteiger partial charge in [-0.1, -0.05) is 30.3 Å². The van der Waals surface area contributed by atoms with Crippen molar-refractivity contribution in [2.24, 2.45) is 0 Å². The van der Waals surface area contributed by atoms with Crippen LogP contribution in [0, 0.1) is 13.8 Å². The maximum atomic E-state index is 12.6. The van der Waals surface area contributed by atoms with E-state index in [2.05, 4.69) is 5.10 Å². The van der Waals surface area contributed by atoms with Gasteiger partial charge in [-0.3, -0.25) is 14.3 Å². The van der Waals surface area contributed by atoms with Crippen LogP contribution in [0.1, 0.15) is 34.2 Å². The SMILES string of the molecule is CC(=O)N1CCN(C(=O)COC(=O)c2c(C)nn(Cc3ccccc3)c2C)CC1. The Morgan fingerprint density at radius 1 is 1.00 bits per heavy atom. The average Bonchev–Trinajstić information content (AvgIpc) is 2.99. The molecule has 1 aliphatic rings. The standard InChI is InChI=1S/C21H26N4O4/c1-15-20(16(2)25(22-15)13-18-7-5-4-6-8-18)21(28)29-14-19(27)24-11-9-23(10-12-24)17(3)26/h4-8H,9-14H2,1-3H3. The van der Waals surface area contributed by atoms with Crippen LogP contribution in [0.25, 0.3) is 0 Å². The molecule has 0 radical (unpaired) electrons. The van der Waals surface area contributed by atoms with Crippen LogP contribution in [0.3, 0.4) is 0 Å². The monoisotopic (exact) mass is 398 g/mol. The van der Waals surface area contributed by atoms with Gasteiger partial charge in [0.15, 0.2) is 6.61 Å². The van der Waals surface area contributed by atoms with E-state index in [1.165, 1.54) is 6.92 Å². The first-order valence-corrected chi connectivity index (χ1v) is 9.65. The minimum atomic E-state index is -0.546. The third-order valence-electron chi connectivity index (χ3n) is 5.17. The van der Waals surface area contributed by atoms with Gasteiger partial charge in [-0.15, -0.1) is 0 Å². The smallest absolute Gasteiger partial charge is 0.342 e. The summed E-state index contributed by atoms with van der Waals surface area (Å²) in [5.74, 6) is -0.800. The number of ether oxygens (including phenoxy) is 1. The van der Waals surface area contributed by atoms with Crippen LogP contribution in [-0.4, -0.2) is 70.1 Å². The number of amides is 2. The number of hydrogen-bond acceptors (Lipinski definition) is 5. The first kappa shape index (κ1) is 20.6. The summed E-state index contributed by atoms with van der Waals surface area (Å²) in [5, 5.41) is 4.45. The summed E-state index contributed by atoms with van der Waals surface area (Å²) < 4.78 is 7.05. The predicted octanol–water partition coefficient (Wildman–Crippen LogP) is 1.40. The Morgan fingerprint density at radius 2 is 1.62 bits per heavy atom. The molecule has 3 rings (SSSR count). The Kier molecular flexibility index (Phi) is 6.31. The van der Waals surface area contributed by atoms with Crippen LogP contribution < -0.4 is 0 Å². The van der Waals surface area contributed by atoms with Crippen molar-refractivity contribution in [3.8, 4) is 0 Å². The molecule has 0 unspecified atom stereocenters. The molecule has 0 N–H and O–H groups in total. The fourth-order valence-electron chi connectivity index (χ4n) is 3.46. The first-order valence-electron chi connectivity index (χ1n) is 9.65. The number of aromatic nitrogens is 2. The Hall–Kier alpha value is -3.16. The highest BCUT2D eigenvalue weighted by Crippen LogP contribution is 2.16. The maximum Gasteiger partial charge on any atom is 0.342 e. The summed E-state index contributed by atoms with van der Waals surface area (Å²) >= 11 is 0. The summed E-state index contributed by atoms with van der Waals surface area (Å²) in [6, 6.07) is 9.86. The molecule has 0 atom stereocenters. The lowest BCUT2D eigenvalue weighted by Crippen LogP contribution is -2.51. The third kappa shape index (κ3) is 4.82. The van der Waals surface area contributed by atoms with Crippen molar-refractivity contribution < 1.29 is 19.1 Å². The highest BCUT2D eigenvalue weighted by atomic mass is 16.5. The Balaban J connectivity index is 1.58. The van der Waals surface area contributed by atoms with E-state index >= 15 is 0 Å². The van der Waals surface area contributed by atoms with Gasteiger partial charge in [-0.25, -0.2) is 4.79 Å². The van der Waals surface area contributed by atoms with Gasteiger partial charge in [0.2, 0.25) is 5.91 Å². The van der Waals surface area contributed by atoms with Crippen LogP contribution in [0.5, 0.6) is 0 Å². The van der Waals surface area contributed by atoms with E-state index in [1.807, 2.05) is 37.3 Å². The second kappa shape index (κ2) is 8.89. The number of carbonyl (C=O) groups is 3. The number of nitrogens with zero attached hydrogens (tertiary/aromatic N) is 4. The highest BCUT2D eigenvalue weighted by molar-refractivity contribution is 5.93. The number of rotatable bonds is 5. The van der Waals surface area contributed by atoms with Gasteiger partial charge < -0.3 is 14.5 Å². The summed E-state index contributed by atoms with van der Waals surface area (Å²) in [5.41, 5.74) is 2.76. The summed E-state index contributed by atoms with van der Waals surface area (Å²) in [7, 11) is 0. The second-order valence-corrected chi connectivity index (χ2v) is 7.15. The van der Waals surface area contributed by atoms with Crippen LogP contribution in [-0.2, 0) is 20.9 Å². The molecule has 8 nitrogen and oxygen atoms in total. The molecule has 1 saturated heterocycles. The Bertz CT molecular complexity index is 899. The molecule has 1 fully saturated rings. The van der Waals surface area contributed by atoms with Gasteiger partial charge in [-0.2, -0.15) is 5.10 Å². The topological polar surface area (TPSA) is 84.7 Å². The maximum absolute atomic E-state index is 12.6. The number of benzene rings is 1. The molecule has 0 aliphatic carbocycles. The van der Waals surface area contributed by atoms with Gasteiger partial charge in [-0.05, 0) is 19.4 Å². The van der Waals surface area contributed by atoms with Gasteiger partial charge in [0.05, 0.1) is 17.9 Å².